The van der Waals surface area contributed by atoms with Crippen molar-refractivity contribution >= 4 is 44.5 Å². The number of anilines is 1. The maximum Gasteiger partial charge on any atom is 0.333 e. The normalized spacial score (nSPS) is 17.1. The van der Waals surface area contributed by atoms with Gasteiger partial charge in [0.2, 0.25) is 0 Å². The molecule has 4 aromatic carbocycles. The van der Waals surface area contributed by atoms with Gasteiger partial charge in [-0.3, -0.25) is 9.69 Å². The maximum atomic E-state index is 15.7. The van der Waals surface area contributed by atoms with Crippen molar-refractivity contribution in [3.8, 4) is 0 Å². The average Bonchev–Trinajstić information content (AvgIpc) is 3.25. The molecule has 1 aliphatic rings. The SMILES string of the molecule is C=C(C[C@@]1(NS(=O)C(C)(C)C)C(=O)N(C(c2ccccc2)(c2ccccc2)c2ccccc2)c2ccc(Br)cc21)C(=O)OCC. The van der Waals surface area contributed by atoms with E-state index in [-0.39, 0.29) is 24.5 Å². The van der Waals surface area contributed by atoms with Crippen LogP contribution in [0.3, 0.4) is 0 Å². The Labute approximate surface area is 276 Å². The lowest BCUT2D eigenvalue weighted by atomic mass is 9.75. The number of halogens is 1. The van der Waals surface area contributed by atoms with Crippen molar-refractivity contribution in [1.29, 1.82) is 0 Å². The van der Waals surface area contributed by atoms with Crippen molar-refractivity contribution in [1.82, 2.24) is 4.72 Å². The quantitative estimate of drug-likeness (QED) is 0.106. The van der Waals surface area contributed by atoms with Crippen LogP contribution in [-0.4, -0.2) is 27.4 Å². The summed E-state index contributed by atoms with van der Waals surface area (Å²) in [6.45, 7) is 11.4. The van der Waals surface area contributed by atoms with Crippen molar-refractivity contribution in [2.75, 3.05) is 11.5 Å². The smallest absolute Gasteiger partial charge is 0.333 e. The minimum absolute atomic E-state index is 0.0983. The van der Waals surface area contributed by atoms with Crippen LogP contribution in [-0.2, 0) is 36.4 Å². The van der Waals surface area contributed by atoms with Crippen LogP contribution in [0.15, 0.2) is 126 Å². The number of benzene rings is 4. The molecule has 1 amide bonds. The Kier molecular flexibility index (Phi) is 9.31. The van der Waals surface area contributed by atoms with Crippen LogP contribution in [0.2, 0.25) is 0 Å². The van der Waals surface area contributed by atoms with Crippen LogP contribution in [0, 0.1) is 0 Å². The molecule has 0 spiro atoms. The van der Waals surface area contributed by atoms with E-state index in [2.05, 4.69) is 27.2 Å². The summed E-state index contributed by atoms with van der Waals surface area (Å²) < 4.78 is 22.5. The largest absolute Gasteiger partial charge is 0.463 e. The number of fused-ring (bicyclic) bond motifs is 1. The van der Waals surface area contributed by atoms with Gasteiger partial charge in [0.05, 0.1) is 28.0 Å². The lowest BCUT2D eigenvalue weighted by Gasteiger charge is -2.45. The molecule has 1 N–H and O–H groups in total. The molecular weight excluding hydrogens is 648 g/mol. The molecule has 1 aliphatic heterocycles. The lowest BCUT2D eigenvalue weighted by Crippen LogP contribution is -2.59. The molecule has 0 bridgehead atoms. The highest BCUT2D eigenvalue weighted by molar-refractivity contribution is 9.10. The fourth-order valence-corrected chi connectivity index (χ4v) is 7.21. The number of nitrogens with zero attached hydrogens (tertiary/aromatic N) is 1. The fraction of sp³-hybridized carbons (Fsp3) is 0.243. The van der Waals surface area contributed by atoms with Gasteiger partial charge in [0.15, 0.2) is 0 Å². The van der Waals surface area contributed by atoms with Crippen molar-refractivity contribution in [3.63, 3.8) is 0 Å². The van der Waals surface area contributed by atoms with Crippen LogP contribution < -0.4 is 9.62 Å². The van der Waals surface area contributed by atoms with E-state index < -0.39 is 32.8 Å². The Bertz CT molecular complexity index is 1640. The number of amides is 1. The predicted octanol–water partition coefficient (Wildman–Crippen LogP) is 7.54. The molecule has 2 atom stereocenters. The van der Waals surface area contributed by atoms with Crippen molar-refractivity contribution in [2.45, 2.75) is 49.9 Å². The molecule has 6 nitrogen and oxygen atoms in total. The Morgan fingerprint density at radius 3 is 1.82 bits per heavy atom. The lowest BCUT2D eigenvalue weighted by molar-refractivity contribution is -0.138. The van der Waals surface area contributed by atoms with E-state index in [1.165, 1.54) is 0 Å². The van der Waals surface area contributed by atoms with E-state index >= 15 is 4.79 Å². The number of esters is 1. The highest BCUT2D eigenvalue weighted by Crippen LogP contribution is 2.54. The molecular formula is C37H37BrN2O4S. The summed E-state index contributed by atoms with van der Waals surface area (Å²) in [6.07, 6.45) is -0.152. The maximum absolute atomic E-state index is 15.7. The van der Waals surface area contributed by atoms with Crippen LogP contribution in [0.1, 0.15) is 56.4 Å². The van der Waals surface area contributed by atoms with Gasteiger partial charge in [0.1, 0.15) is 11.1 Å². The summed E-state index contributed by atoms with van der Waals surface area (Å²) in [5.41, 5.74) is 1.12. The molecule has 5 rings (SSSR count). The number of carbonyl (C=O) groups excluding carboxylic acids is 2. The molecule has 0 fully saturated rings. The van der Waals surface area contributed by atoms with Gasteiger partial charge in [0, 0.05) is 22.0 Å². The van der Waals surface area contributed by atoms with Gasteiger partial charge in [-0.2, -0.15) is 0 Å². The Morgan fingerprint density at radius 2 is 1.38 bits per heavy atom. The highest BCUT2D eigenvalue weighted by Gasteiger charge is 2.60. The van der Waals surface area contributed by atoms with E-state index in [1.807, 2.05) is 130 Å². The molecule has 0 saturated carbocycles. The standard InChI is InChI=1S/C37H37BrN2O4S/c1-6-44-33(41)26(2)25-36(39-45(43)35(3,4)5)31-24-30(38)22-23-32(31)40(34(36)42)37(27-16-10-7-11-17-27,28-18-12-8-13-19-28)29-20-14-9-15-21-29/h7-24,39H,2,6,25H2,1,3-5H3/t36-,45?/m0/s1. The zero-order valence-corrected chi connectivity index (χ0v) is 28.3. The number of ether oxygens (including phenoxy) is 1. The van der Waals surface area contributed by atoms with Gasteiger partial charge >= 0.3 is 5.97 Å². The topological polar surface area (TPSA) is 75.7 Å². The van der Waals surface area contributed by atoms with E-state index in [9.17, 15) is 9.00 Å². The van der Waals surface area contributed by atoms with E-state index in [0.717, 1.165) is 21.2 Å². The van der Waals surface area contributed by atoms with Gasteiger partial charge in [0.25, 0.3) is 5.91 Å². The van der Waals surface area contributed by atoms with E-state index in [0.29, 0.717) is 11.3 Å². The number of carbonyl (C=O) groups is 2. The summed E-state index contributed by atoms with van der Waals surface area (Å²) in [7, 11) is -1.72. The summed E-state index contributed by atoms with van der Waals surface area (Å²) in [4.78, 5) is 30.5. The van der Waals surface area contributed by atoms with Crippen molar-refractivity contribution in [3.05, 3.63) is 148 Å². The minimum Gasteiger partial charge on any atom is -0.463 e. The third-order valence-electron chi connectivity index (χ3n) is 8.00. The second kappa shape index (κ2) is 12.9. The molecule has 0 aliphatic carbocycles. The van der Waals surface area contributed by atoms with Crippen molar-refractivity contribution < 1.29 is 18.5 Å². The van der Waals surface area contributed by atoms with Gasteiger partial charge < -0.3 is 4.74 Å². The van der Waals surface area contributed by atoms with Gasteiger partial charge in [-0.25, -0.2) is 13.7 Å². The minimum atomic E-state index is -1.72. The Morgan fingerprint density at radius 1 is 0.889 bits per heavy atom. The van der Waals surface area contributed by atoms with Gasteiger partial charge in [-0.05, 0) is 62.6 Å². The Balaban J connectivity index is 1.89. The first-order valence-electron chi connectivity index (χ1n) is 14.8. The van der Waals surface area contributed by atoms with Crippen LogP contribution in [0.5, 0.6) is 0 Å². The van der Waals surface area contributed by atoms with E-state index in [4.69, 9.17) is 4.74 Å². The highest BCUT2D eigenvalue weighted by atomic mass is 79.9. The van der Waals surface area contributed by atoms with E-state index in [1.54, 1.807) is 11.8 Å². The summed E-state index contributed by atoms with van der Waals surface area (Å²) in [5.74, 6) is -0.973. The van der Waals surface area contributed by atoms with Gasteiger partial charge in [-0.15, -0.1) is 0 Å². The second-order valence-corrected chi connectivity index (χ2v) is 14.9. The molecule has 0 saturated heterocycles. The molecule has 0 radical (unpaired) electrons. The summed E-state index contributed by atoms with van der Waals surface area (Å²) in [5, 5.41) is 0. The third-order valence-corrected chi connectivity index (χ3v) is 10.1. The third kappa shape index (κ3) is 5.83. The number of nitrogens with one attached hydrogen (secondary N) is 1. The summed E-state index contributed by atoms with van der Waals surface area (Å²) in [6, 6.07) is 35.4. The molecule has 8 heteroatoms. The van der Waals surface area contributed by atoms with Crippen LogP contribution in [0.4, 0.5) is 5.69 Å². The van der Waals surface area contributed by atoms with Crippen LogP contribution in [0.25, 0.3) is 0 Å². The molecule has 1 heterocycles. The Hall–Kier alpha value is -3.85. The first-order chi connectivity index (χ1) is 21.5. The molecule has 0 aromatic heterocycles. The fourth-order valence-electron chi connectivity index (χ4n) is 5.96. The number of hydrogen-bond acceptors (Lipinski definition) is 4. The second-order valence-electron chi connectivity index (χ2n) is 12.0. The molecule has 1 unspecified atom stereocenters. The first kappa shape index (κ1) is 32.5. The monoisotopic (exact) mass is 684 g/mol. The number of hydrogen-bond donors (Lipinski definition) is 1. The molecule has 232 valence electrons. The zero-order valence-electron chi connectivity index (χ0n) is 25.9. The summed E-state index contributed by atoms with van der Waals surface area (Å²) >= 11 is 3.62. The van der Waals surface area contributed by atoms with Gasteiger partial charge in [-0.1, -0.05) is 114 Å². The molecule has 4 aromatic rings. The molecule has 45 heavy (non-hydrogen) atoms. The first-order valence-corrected chi connectivity index (χ1v) is 16.8. The zero-order chi connectivity index (χ0) is 32.4. The van der Waals surface area contributed by atoms with Crippen LogP contribution >= 0.6 is 15.9 Å². The number of rotatable bonds is 10. The predicted molar refractivity (Wildman–Crippen MR) is 184 cm³/mol. The van der Waals surface area contributed by atoms with Crippen molar-refractivity contribution in [2.24, 2.45) is 0 Å². The average molecular weight is 686 g/mol.